The van der Waals surface area contributed by atoms with Crippen LogP contribution in [0.15, 0.2) is 36.4 Å². The molecule has 0 aliphatic carbocycles. The number of ether oxygens (including phenoxy) is 1. The molecule has 0 fully saturated rings. The summed E-state index contributed by atoms with van der Waals surface area (Å²) in [6.07, 6.45) is -0.471. The number of aromatic nitrogens is 1. The molecular formula is C21H26ClN3O2. The summed E-state index contributed by atoms with van der Waals surface area (Å²) < 4.78 is 5.38. The number of hydrogen-bond acceptors (Lipinski definition) is 5. The number of fused-ring (bicyclic) bond motifs is 2. The van der Waals surface area contributed by atoms with Crippen molar-refractivity contribution in [2.45, 2.75) is 20.0 Å². The Kier molecular flexibility index (Phi) is 6.37. The summed E-state index contributed by atoms with van der Waals surface area (Å²) in [5, 5.41) is 16.5. The van der Waals surface area contributed by atoms with Crippen molar-refractivity contribution in [2.24, 2.45) is 0 Å². The standard InChI is InChI=1S/C21H26ClN3O2/c1-4-25(5-2)13-15(26)12-23-21-17-8-6-14(22)10-20(17)24-19-9-7-16(27-3)11-18(19)21/h6-11,15,26H,4-5,12-13H2,1-3H3,(H,23,24)/t15-/m1/s1. The molecule has 144 valence electrons. The van der Waals surface area contributed by atoms with Crippen molar-refractivity contribution in [3.63, 3.8) is 0 Å². The Bertz CT molecular complexity index is 928. The van der Waals surface area contributed by atoms with Crippen LogP contribution in [0.25, 0.3) is 21.8 Å². The fourth-order valence-corrected chi connectivity index (χ4v) is 3.44. The Morgan fingerprint density at radius 1 is 1.11 bits per heavy atom. The fourth-order valence-electron chi connectivity index (χ4n) is 3.28. The highest BCUT2D eigenvalue weighted by atomic mass is 35.5. The fraction of sp³-hybridized carbons (Fsp3) is 0.381. The predicted octanol–water partition coefficient (Wildman–Crippen LogP) is 4.16. The molecule has 2 aromatic carbocycles. The molecule has 0 amide bonds. The molecule has 3 aromatic rings. The van der Waals surface area contributed by atoms with Crippen molar-refractivity contribution >= 4 is 39.1 Å². The molecule has 6 heteroatoms. The summed E-state index contributed by atoms with van der Waals surface area (Å²) in [4.78, 5) is 6.93. The van der Waals surface area contributed by atoms with Crippen LogP contribution in [0.2, 0.25) is 5.02 Å². The highest BCUT2D eigenvalue weighted by Crippen LogP contribution is 2.34. The van der Waals surface area contributed by atoms with Crippen molar-refractivity contribution in [1.29, 1.82) is 0 Å². The van der Waals surface area contributed by atoms with Crippen molar-refractivity contribution < 1.29 is 9.84 Å². The van der Waals surface area contributed by atoms with E-state index in [0.29, 0.717) is 18.1 Å². The molecule has 3 rings (SSSR count). The average molecular weight is 388 g/mol. The molecule has 5 nitrogen and oxygen atoms in total. The van der Waals surface area contributed by atoms with Gasteiger partial charge in [0.1, 0.15) is 5.75 Å². The SMILES string of the molecule is CCN(CC)C[C@H](O)CNc1c2ccc(Cl)cc2nc2ccc(OC)cc12. The monoisotopic (exact) mass is 387 g/mol. The molecule has 2 N–H and O–H groups in total. The number of nitrogens with one attached hydrogen (secondary N) is 1. The number of aliphatic hydroxyl groups excluding tert-OH is 1. The quantitative estimate of drug-likeness (QED) is 0.568. The number of rotatable bonds is 8. The first-order valence-corrected chi connectivity index (χ1v) is 9.64. The van der Waals surface area contributed by atoms with E-state index in [0.717, 1.165) is 46.3 Å². The van der Waals surface area contributed by atoms with E-state index in [1.807, 2.05) is 36.4 Å². The van der Waals surface area contributed by atoms with E-state index < -0.39 is 6.10 Å². The highest BCUT2D eigenvalue weighted by Gasteiger charge is 2.14. The van der Waals surface area contributed by atoms with E-state index in [-0.39, 0.29) is 0 Å². The third-order valence-corrected chi connectivity index (χ3v) is 5.06. The number of hydrogen-bond donors (Lipinski definition) is 2. The molecule has 0 spiro atoms. The Hall–Kier alpha value is -2.08. The van der Waals surface area contributed by atoms with Crippen LogP contribution in [0.4, 0.5) is 5.69 Å². The third-order valence-electron chi connectivity index (χ3n) is 4.82. The van der Waals surface area contributed by atoms with Gasteiger partial charge in [-0.05, 0) is 49.5 Å². The minimum absolute atomic E-state index is 0.449. The molecule has 27 heavy (non-hydrogen) atoms. The van der Waals surface area contributed by atoms with Crippen LogP contribution in [0.1, 0.15) is 13.8 Å². The van der Waals surface area contributed by atoms with Crippen molar-refractivity contribution in [2.75, 3.05) is 38.6 Å². The van der Waals surface area contributed by atoms with Crippen LogP contribution in [0.3, 0.4) is 0 Å². The maximum Gasteiger partial charge on any atom is 0.119 e. The maximum atomic E-state index is 10.5. The van der Waals surface area contributed by atoms with Gasteiger partial charge >= 0.3 is 0 Å². The van der Waals surface area contributed by atoms with Crippen LogP contribution in [0.5, 0.6) is 5.75 Å². The molecule has 0 aliphatic rings. The van der Waals surface area contributed by atoms with Gasteiger partial charge in [0.05, 0.1) is 29.9 Å². The zero-order valence-corrected chi connectivity index (χ0v) is 16.8. The Morgan fingerprint density at radius 3 is 2.59 bits per heavy atom. The molecule has 0 bridgehead atoms. The van der Waals surface area contributed by atoms with Crippen LogP contribution in [0, 0.1) is 0 Å². The zero-order chi connectivity index (χ0) is 19.4. The van der Waals surface area contributed by atoms with Crippen LogP contribution in [-0.4, -0.2) is 54.4 Å². The number of aliphatic hydroxyl groups is 1. The first kappa shape index (κ1) is 19.7. The van der Waals surface area contributed by atoms with Gasteiger partial charge in [-0.3, -0.25) is 0 Å². The number of halogens is 1. The topological polar surface area (TPSA) is 57.6 Å². The van der Waals surface area contributed by atoms with E-state index in [9.17, 15) is 5.11 Å². The summed E-state index contributed by atoms with van der Waals surface area (Å²) in [5.74, 6) is 0.768. The summed E-state index contributed by atoms with van der Waals surface area (Å²) in [7, 11) is 1.65. The van der Waals surface area contributed by atoms with E-state index in [2.05, 4.69) is 24.1 Å². The molecule has 1 aromatic heterocycles. The van der Waals surface area contributed by atoms with Gasteiger partial charge < -0.3 is 20.1 Å². The second kappa shape index (κ2) is 8.74. The van der Waals surface area contributed by atoms with E-state index >= 15 is 0 Å². The number of anilines is 1. The lowest BCUT2D eigenvalue weighted by atomic mass is 10.1. The van der Waals surface area contributed by atoms with Gasteiger partial charge in [0.2, 0.25) is 0 Å². The number of pyridine rings is 1. The zero-order valence-electron chi connectivity index (χ0n) is 16.0. The minimum atomic E-state index is -0.471. The van der Waals surface area contributed by atoms with Gasteiger partial charge in [0.15, 0.2) is 0 Å². The van der Waals surface area contributed by atoms with Crippen molar-refractivity contribution in [1.82, 2.24) is 9.88 Å². The number of nitrogens with zero attached hydrogens (tertiary/aromatic N) is 2. The molecule has 0 saturated heterocycles. The van der Waals surface area contributed by atoms with Crippen LogP contribution >= 0.6 is 11.6 Å². The lowest BCUT2D eigenvalue weighted by molar-refractivity contribution is 0.128. The Morgan fingerprint density at radius 2 is 1.89 bits per heavy atom. The van der Waals surface area contributed by atoms with Gasteiger partial charge in [0.25, 0.3) is 0 Å². The average Bonchev–Trinajstić information content (AvgIpc) is 2.68. The predicted molar refractivity (Wildman–Crippen MR) is 113 cm³/mol. The van der Waals surface area contributed by atoms with Crippen LogP contribution < -0.4 is 10.1 Å². The number of methoxy groups -OCH3 is 1. The molecule has 0 saturated carbocycles. The largest absolute Gasteiger partial charge is 0.497 e. The molecule has 0 radical (unpaired) electrons. The summed E-state index contributed by atoms with van der Waals surface area (Å²) in [6.45, 7) is 7.13. The Labute approximate surface area is 164 Å². The van der Waals surface area contributed by atoms with Gasteiger partial charge in [-0.25, -0.2) is 4.98 Å². The van der Waals surface area contributed by atoms with Crippen molar-refractivity contribution in [3.05, 3.63) is 41.4 Å². The van der Waals surface area contributed by atoms with Gasteiger partial charge in [0, 0.05) is 28.9 Å². The lowest BCUT2D eigenvalue weighted by Crippen LogP contribution is -2.36. The molecule has 0 aliphatic heterocycles. The van der Waals surface area contributed by atoms with Gasteiger partial charge in [-0.15, -0.1) is 0 Å². The van der Waals surface area contributed by atoms with Crippen LogP contribution in [-0.2, 0) is 0 Å². The minimum Gasteiger partial charge on any atom is -0.497 e. The number of benzene rings is 2. The van der Waals surface area contributed by atoms with E-state index in [1.165, 1.54) is 0 Å². The first-order valence-electron chi connectivity index (χ1n) is 9.27. The maximum absolute atomic E-state index is 10.5. The Balaban J connectivity index is 1.99. The second-order valence-corrected chi connectivity index (χ2v) is 6.99. The van der Waals surface area contributed by atoms with E-state index in [1.54, 1.807) is 7.11 Å². The second-order valence-electron chi connectivity index (χ2n) is 6.55. The number of likely N-dealkylation sites (N-methyl/N-ethyl adjacent to an activating group) is 1. The summed E-state index contributed by atoms with van der Waals surface area (Å²) in [5.41, 5.74) is 2.61. The molecule has 0 unspecified atom stereocenters. The normalized spacial score (nSPS) is 12.7. The third kappa shape index (κ3) is 4.43. The summed E-state index contributed by atoms with van der Waals surface area (Å²) in [6, 6.07) is 11.5. The lowest BCUT2D eigenvalue weighted by Gasteiger charge is -2.23. The molecule has 1 heterocycles. The van der Waals surface area contributed by atoms with Gasteiger partial charge in [-0.2, -0.15) is 0 Å². The summed E-state index contributed by atoms with van der Waals surface area (Å²) >= 11 is 6.16. The smallest absolute Gasteiger partial charge is 0.119 e. The molecule has 1 atom stereocenters. The highest BCUT2D eigenvalue weighted by molar-refractivity contribution is 6.31. The van der Waals surface area contributed by atoms with E-state index in [4.69, 9.17) is 21.3 Å². The first-order chi connectivity index (χ1) is 13.0. The molecular weight excluding hydrogens is 362 g/mol. The van der Waals surface area contributed by atoms with Crippen molar-refractivity contribution in [3.8, 4) is 5.75 Å². The van der Waals surface area contributed by atoms with Gasteiger partial charge in [-0.1, -0.05) is 25.4 Å².